The fourth-order valence-corrected chi connectivity index (χ4v) is 3.06. The normalized spacial score (nSPS) is 11.0. The van der Waals surface area contributed by atoms with Gasteiger partial charge in [-0.25, -0.2) is 0 Å². The third-order valence-corrected chi connectivity index (χ3v) is 4.43. The molecular formula is C19H22Cl3NO2. The van der Waals surface area contributed by atoms with Gasteiger partial charge in [0, 0.05) is 22.2 Å². The summed E-state index contributed by atoms with van der Waals surface area (Å²) in [6, 6.07) is 9.10. The lowest BCUT2D eigenvalue weighted by molar-refractivity contribution is 0.284. The molecule has 0 saturated carbocycles. The lowest BCUT2D eigenvalue weighted by atomic mass is 10.1. The van der Waals surface area contributed by atoms with Gasteiger partial charge in [0.2, 0.25) is 0 Å². The first-order valence-electron chi connectivity index (χ1n) is 8.04. The van der Waals surface area contributed by atoms with Gasteiger partial charge in [0.05, 0.1) is 12.1 Å². The molecule has 0 heterocycles. The van der Waals surface area contributed by atoms with E-state index in [-0.39, 0.29) is 6.61 Å². The summed E-state index contributed by atoms with van der Waals surface area (Å²) < 4.78 is 11.3. The minimum absolute atomic E-state index is 0.275. The van der Waals surface area contributed by atoms with Crippen molar-refractivity contribution in [3.8, 4) is 11.5 Å². The van der Waals surface area contributed by atoms with E-state index in [1.165, 1.54) is 0 Å². The highest BCUT2D eigenvalue weighted by atomic mass is 35.5. The maximum Gasteiger partial charge on any atom is 0.180 e. The highest BCUT2D eigenvalue weighted by Crippen LogP contribution is 2.37. The summed E-state index contributed by atoms with van der Waals surface area (Å²) in [5.74, 6) is 1.69. The third-order valence-electron chi connectivity index (χ3n) is 3.56. The van der Waals surface area contributed by atoms with E-state index in [0.29, 0.717) is 32.5 Å². The van der Waals surface area contributed by atoms with Crippen molar-refractivity contribution in [3.63, 3.8) is 0 Å². The second kappa shape index (κ2) is 9.54. The summed E-state index contributed by atoms with van der Waals surface area (Å²) in [4.78, 5) is 0. The van der Waals surface area contributed by atoms with Crippen LogP contribution in [-0.2, 0) is 13.2 Å². The molecule has 2 aromatic rings. The van der Waals surface area contributed by atoms with Crippen LogP contribution in [0.4, 0.5) is 0 Å². The number of hydrogen-bond acceptors (Lipinski definition) is 3. The Bertz CT molecular complexity index is 720. The maximum atomic E-state index is 6.40. The van der Waals surface area contributed by atoms with E-state index in [4.69, 9.17) is 44.3 Å². The fourth-order valence-electron chi connectivity index (χ4n) is 2.31. The Labute approximate surface area is 164 Å². The molecule has 0 aliphatic carbocycles. The van der Waals surface area contributed by atoms with E-state index in [0.717, 1.165) is 24.2 Å². The number of nitrogens with one attached hydrogen (secondary N) is 1. The zero-order chi connectivity index (χ0) is 18.4. The van der Waals surface area contributed by atoms with Gasteiger partial charge < -0.3 is 14.8 Å². The molecule has 2 rings (SSSR count). The smallest absolute Gasteiger partial charge is 0.180 e. The molecule has 0 radical (unpaired) electrons. The molecule has 25 heavy (non-hydrogen) atoms. The van der Waals surface area contributed by atoms with Crippen molar-refractivity contribution in [2.24, 2.45) is 5.92 Å². The van der Waals surface area contributed by atoms with Crippen LogP contribution in [0.3, 0.4) is 0 Å². The van der Waals surface area contributed by atoms with Crippen molar-refractivity contribution in [1.82, 2.24) is 5.32 Å². The predicted octanol–water partition coefficient (Wildman–Crippen LogP) is 5.98. The lowest BCUT2D eigenvalue weighted by Crippen LogP contribution is -2.19. The van der Waals surface area contributed by atoms with Crippen LogP contribution in [0.15, 0.2) is 30.3 Å². The monoisotopic (exact) mass is 401 g/mol. The second-order valence-corrected chi connectivity index (χ2v) is 7.41. The van der Waals surface area contributed by atoms with Gasteiger partial charge in [-0.05, 0) is 42.3 Å². The Morgan fingerprint density at radius 3 is 2.44 bits per heavy atom. The molecular weight excluding hydrogens is 381 g/mol. The first kappa shape index (κ1) is 20.2. The minimum atomic E-state index is 0.275. The van der Waals surface area contributed by atoms with Gasteiger partial charge in [0.25, 0.3) is 0 Å². The van der Waals surface area contributed by atoms with Crippen molar-refractivity contribution in [1.29, 1.82) is 0 Å². The van der Waals surface area contributed by atoms with Crippen LogP contribution in [-0.4, -0.2) is 13.7 Å². The molecule has 0 bridgehead atoms. The molecule has 136 valence electrons. The van der Waals surface area contributed by atoms with Crippen LogP contribution >= 0.6 is 34.8 Å². The summed E-state index contributed by atoms with van der Waals surface area (Å²) in [6.07, 6.45) is 0. The van der Waals surface area contributed by atoms with Gasteiger partial charge >= 0.3 is 0 Å². The van der Waals surface area contributed by atoms with Crippen molar-refractivity contribution in [2.75, 3.05) is 13.7 Å². The number of benzene rings is 2. The van der Waals surface area contributed by atoms with Crippen LogP contribution in [0.1, 0.15) is 25.0 Å². The minimum Gasteiger partial charge on any atom is -0.493 e. The number of hydrogen-bond donors (Lipinski definition) is 1. The van der Waals surface area contributed by atoms with Crippen LogP contribution in [0.2, 0.25) is 15.1 Å². The summed E-state index contributed by atoms with van der Waals surface area (Å²) in [5, 5.41) is 5.03. The van der Waals surface area contributed by atoms with E-state index in [2.05, 4.69) is 19.2 Å². The van der Waals surface area contributed by atoms with Gasteiger partial charge in [-0.3, -0.25) is 0 Å². The zero-order valence-electron chi connectivity index (χ0n) is 14.5. The average molecular weight is 403 g/mol. The SMILES string of the molecule is COc1cc(CNCC(C)C)cc(Cl)c1OCc1ccc(Cl)cc1Cl. The van der Waals surface area contributed by atoms with E-state index in [9.17, 15) is 0 Å². The summed E-state index contributed by atoms with van der Waals surface area (Å²) >= 11 is 18.5. The Kier molecular flexibility index (Phi) is 7.70. The third kappa shape index (κ3) is 5.96. The van der Waals surface area contributed by atoms with Crippen LogP contribution < -0.4 is 14.8 Å². The standard InChI is InChI=1S/C19H22Cl3NO2/c1-12(2)9-23-10-13-6-17(22)19(18(7-13)24-3)25-11-14-4-5-15(20)8-16(14)21/h4-8,12,23H,9-11H2,1-3H3. The summed E-state index contributed by atoms with van der Waals surface area (Å²) in [5.41, 5.74) is 1.87. The molecule has 0 aliphatic rings. The van der Waals surface area contributed by atoms with Crippen LogP contribution in [0.5, 0.6) is 11.5 Å². The Balaban J connectivity index is 2.11. The topological polar surface area (TPSA) is 30.5 Å². The zero-order valence-corrected chi connectivity index (χ0v) is 16.8. The van der Waals surface area contributed by atoms with Crippen LogP contribution in [0.25, 0.3) is 0 Å². The maximum absolute atomic E-state index is 6.40. The lowest BCUT2D eigenvalue weighted by Gasteiger charge is -2.15. The van der Waals surface area contributed by atoms with Crippen molar-refractivity contribution in [2.45, 2.75) is 27.0 Å². The van der Waals surface area contributed by atoms with Crippen LogP contribution in [0, 0.1) is 5.92 Å². The quantitative estimate of drug-likeness (QED) is 0.589. The highest BCUT2D eigenvalue weighted by molar-refractivity contribution is 6.35. The van der Waals surface area contributed by atoms with E-state index in [1.54, 1.807) is 19.2 Å². The fraction of sp³-hybridized carbons (Fsp3) is 0.368. The van der Waals surface area contributed by atoms with Crippen molar-refractivity contribution in [3.05, 3.63) is 56.5 Å². The largest absolute Gasteiger partial charge is 0.493 e. The molecule has 0 unspecified atom stereocenters. The number of methoxy groups -OCH3 is 1. The first-order valence-corrected chi connectivity index (χ1v) is 9.18. The Hall–Kier alpha value is -1.13. The molecule has 3 nitrogen and oxygen atoms in total. The second-order valence-electron chi connectivity index (χ2n) is 6.16. The molecule has 0 spiro atoms. The number of ether oxygens (including phenoxy) is 2. The molecule has 0 saturated heterocycles. The first-order chi connectivity index (χ1) is 11.9. The molecule has 0 fully saturated rings. The van der Waals surface area contributed by atoms with Crippen molar-refractivity contribution < 1.29 is 9.47 Å². The summed E-state index contributed by atoms with van der Waals surface area (Å²) in [6.45, 7) is 6.26. The van der Waals surface area contributed by atoms with E-state index >= 15 is 0 Å². The molecule has 2 aromatic carbocycles. The molecule has 0 atom stereocenters. The van der Waals surface area contributed by atoms with Gasteiger partial charge in [0.1, 0.15) is 6.61 Å². The average Bonchev–Trinajstić information content (AvgIpc) is 2.54. The van der Waals surface area contributed by atoms with E-state index < -0.39 is 0 Å². The summed E-state index contributed by atoms with van der Waals surface area (Å²) in [7, 11) is 1.60. The van der Waals surface area contributed by atoms with Crippen molar-refractivity contribution >= 4 is 34.8 Å². The molecule has 0 aliphatic heterocycles. The van der Waals surface area contributed by atoms with Gasteiger partial charge in [-0.2, -0.15) is 0 Å². The number of rotatable bonds is 8. The van der Waals surface area contributed by atoms with E-state index in [1.807, 2.05) is 18.2 Å². The highest BCUT2D eigenvalue weighted by Gasteiger charge is 2.13. The Morgan fingerprint density at radius 1 is 1.04 bits per heavy atom. The predicted molar refractivity (Wildman–Crippen MR) is 105 cm³/mol. The molecule has 0 aromatic heterocycles. The Morgan fingerprint density at radius 2 is 1.80 bits per heavy atom. The molecule has 6 heteroatoms. The molecule has 0 amide bonds. The van der Waals surface area contributed by atoms with Gasteiger partial charge in [-0.1, -0.05) is 54.7 Å². The van der Waals surface area contributed by atoms with Gasteiger partial charge in [-0.15, -0.1) is 0 Å². The number of halogens is 3. The molecule has 1 N–H and O–H groups in total. The van der Waals surface area contributed by atoms with Gasteiger partial charge in [0.15, 0.2) is 11.5 Å².